The molecule has 0 N–H and O–H groups in total. The van der Waals surface area contributed by atoms with Crippen LogP contribution in [0.25, 0.3) is 0 Å². The van der Waals surface area contributed by atoms with E-state index in [0.29, 0.717) is 0 Å². The summed E-state index contributed by atoms with van der Waals surface area (Å²) in [7, 11) is 1.89. The van der Waals surface area contributed by atoms with Crippen LogP contribution in [0, 0.1) is 0 Å². The number of thiophene rings is 1. The maximum atomic E-state index is 11.9. The minimum absolute atomic E-state index is 0.221. The Labute approximate surface area is 113 Å². The molecule has 0 atom stereocenters. The predicted molar refractivity (Wildman–Crippen MR) is 75.2 cm³/mol. The summed E-state index contributed by atoms with van der Waals surface area (Å²) in [6, 6.07) is 2.19. The Morgan fingerprint density at radius 2 is 1.83 bits per heavy atom. The first-order valence-corrected chi connectivity index (χ1v) is 7.95. The van der Waals surface area contributed by atoms with Crippen LogP contribution in [0.4, 0.5) is 0 Å². The van der Waals surface area contributed by atoms with E-state index >= 15 is 0 Å². The van der Waals surface area contributed by atoms with Gasteiger partial charge in [0.25, 0.3) is 5.91 Å². The topological polar surface area (TPSA) is 20.3 Å². The van der Waals surface area contributed by atoms with Crippen molar-refractivity contribution in [3.8, 4) is 0 Å². The maximum absolute atomic E-state index is 11.9. The van der Waals surface area contributed by atoms with Crippen molar-refractivity contribution in [3.05, 3.63) is 21.4 Å². The largest absolute Gasteiger partial charge is 0.337 e. The molecule has 0 aromatic carbocycles. The van der Waals surface area contributed by atoms with Gasteiger partial charge in [-0.05, 0) is 24.8 Å². The third-order valence-corrected chi connectivity index (χ3v) is 5.58. The third-order valence-electron chi connectivity index (χ3n) is 4.29. The van der Waals surface area contributed by atoms with Crippen molar-refractivity contribution in [2.75, 3.05) is 7.05 Å². The summed E-state index contributed by atoms with van der Waals surface area (Å²) in [4.78, 5) is 16.5. The highest BCUT2D eigenvalue weighted by molar-refractivity contribution is 7.12. The lowest BCUT2D eigenvalue weighted by Gasteiger charge is -2.18. The summed E-state index contributed by atoms with van der Waals surface area (Å²) < 4.78 is 0. The van der Waals surface area contributed by atoms with Gasteiger partial charge in [-0.3, -0.25) is 4.79 Å². The van der Waals surface area contributed by atoms with Gasteiger partial charge >= 0.3 is 0 Å². The molecule has 0 spiro atoms. The Morgan fingerprint density at radius 1 is 1.17 bits per heavy atom. The number of rotatable bonds is 1. The predicted octanol–water partition coefficient (Wildman–Crippen LogP) is 4.16. The lowest BCUT2D eigenvalue weighted by molar-refractivity contribution is 0.0816. The zero-order valence-corrected chi connectivity index (χ0v) is 11.9. The van der Waals surface area contributed by atoms with Crippen LogP contribution in [-0.4, -0.2) is 17.9 Å². The summed E-state index contributed by atoms with van der Waals surface area (Å²) in [5.74, 6) is 0.942. The number of amides is 1. The Kier molecular flexibility index (Phi) is 3.42. The van der Waals surface area contributed by atoms with Gasteiger partial charge in [0.05, 0.1) is 12.1 Å². The number of fused-ring (bicyclic) bond motifs is 1. The SMILES string of the molecule is CN1Cc2sc(C3CCCCCCC3)cc2C1=O. The highest BCUT2D eigenvalue weighted by Gasteiger charge is 2.28. The Hall–Kier alpha value is -0.830. The monoisotopic (exact) mass is 263 g/mol. The zero-order chi connectivity index (χ0) is 12.5. The molecule has 1 amide bonds. The van der Waals surface area contributed by atoms with Crippen molar-refractivity contribution in [2.24, 2.45) is 0 Å². The molecule has 2 nitrogen and oxygen atoms in total. The van der Waals surface area contributed by atoms with E-state index in [1.54, 1.807) is 0 Å². The second kappa shape index (κ2) is 5.04. The molecular formula is C15H21NOS. The molecule has 1 fully saturated rings. The minimum Gasteiger partial charge on any atom is -0.337 e. The van der Waals surface area contributed by atoms with Gasteiger partial charge in [-0.15, -0.1) is 11.3 Å². The summed E-state index contributed by atoms with van der Waals surface area (Å²) in [5.41, 5.74) is 0.986. The van der Waals surface area contributed by atoms with Gasteiger partial charge in [0.1, 0.15) is 0 Å². The molecule has 1 aromatic rings. The smallest absolute Gasteiger partial charge is 0.255 e. The molecule has 1 aromatic heterocycles. The van der Waals surface area contributed by atoms with Crippen LogP contribution in [0.15, 0.2) is 6.07 Å². The molecule has 0 unspecified atom stereocenters. The number of carbonyl (C=O) groups is 1. The van der Waals surface area contributed by atoms with Crippen molar-refractivity contribution >= 4 is 17.2 Å². The molecule has 0 bridgehead atoms. The van der Waals surface area contributed by atoms with E-state index in [1.165, 1.54) is 54.7 Å². The zero-order valence-electron chi connectivity index (χ0n) is 11.1. The first-order valence-electron chi connectivity index (χ1n) is 7.14. The number of nitrogens with zero attached hydrogens (tertiary/aromatic N) is 1. The molecule has 1 saturated carbocycles. The maximum Gasteiger partial charge on any atom is 0.255 e. The summed E-state index contributed by atoms with van der Waals surface area (Å²) in [6.07, 6.45) is 9.57. The molecule has 2 aliphatic rings. The number of carbonyl (C=O) groups excluding carboxylic acids is 1. The Morgan fingerprint density at radius 3 is 2.50 bits per heavy atom. The average molecular weight is 263 g/mol. The van der Waals surface area contributed by atoms with Crippen LogP contribution in [0.2, 0.25) is 0 Å². The van der Waals surface area contributed by atoms with Gasteiger partial charge in [0.2, 0.25) is 0 Å². The van der Waals surface area contributed by atoms with Gasteiger partial charge in [-0.2, -0.15) is 0 Å². The first kappa shape index (κ1) is 12.2. The standard InChI is InChI=1S/C15H21NOS/c1-16-10-14-12(15(16)17)9-13(18-14)11-7-5-3-2-4-6-8-11/h9,11H,2-8,10H2,1H3. The minimum atomic E-state index is 0.221. The third kappa shape index (κ3) is 2.20. The molecular weight excluding hydrogens is 242 g/mol. The fraction of sp³-hybridized carbons (Fsp3) is 0.667. The van der Waals surface area contributed by atoms with Crippen molar-refractivity contribution in [1.82, 2.24) is 4.90 Å². The molecule has 0 saturated heterocycles. The summed E-state index contributed by atoms with van der Waals surface area (Å²) >= 11 is 1.89. The molecule has 3 rings (SSSR count). The molecule has 1 aliphatic heterocycles. The van der Waals surface area contributed by atoms with Crippen LogP contribution in [0.3, 0.4) is 0 Å². The van der Waals surface area contributed by atoms with E-state index in [4.69, 9.17) is 0 Å². The quantitative estimate of drug-likeness (QED) is 0.745. The lowest BCUT2D eigenvalue weighted by atomic mass is 9.90. The van der Waals surface area contributed by atoms with Crippen LogP contribution >= 0.6 is 11.3 Å². The second-order valence-electron chi connectivity index (χ2n) is 5.69. The summed E-state index contributed by atoms with van der Waals surface area (Å²) in [5, 5.41) is 0. The fourth-order valence-electron chi connectivity index (χ4n) is 3.18. The van der Waals surface area contributed by atoms with Gasteiger partial charge in [-0.25, -0.2) is 0 Å². The Bertz CT molecular complexity index is 443. The van der Waals surface area contributed by atoms with Gasteiger partial charge in [0, 0.05) is 16.8 Å². The van der Waals surface area contributed by atoms with Crippen LogP contribution in [-0.2, 0) is 6.54 Å². The fourth-order valence-corrected chi connectivity index (χ4v) is 4.56. The van der Waals surface area contributed by atoms with E-state index in [2.05, 4.69) is 6.07 Å². The molecule has 98 valence electrons. The van der Waals surface area contributed by atoms with E-state index in [1.807, 2.05) is 23.3 Å². The normalized spacial score (nSPS) is 21.8. The van der Waals surface area contributed by atoms with E-state index in [-0.39, 0.29) is 5.91 Å². The van der Waals surface area contributed by atoms with Crippen molar-refractivity contribution in [2.45, 2.75) is 57.4 Å². The van der Waals surface area contributed by atoms with Crippen molar-refractivity contribution in [1.29, 1.82) is 0 Å². The molecule has 2 heterocycles. The lowest BCUT2D eigenvalue weighted by Crippen LogP contribution is -2.17. The van der Waals surface area contributed by atoms with E-state index in [0.717, 1.165) is 18.0 Å². The van der Waals surface area contributed by atoms with Crippen molar-refractivity contribution < 1.29 is 4.79 Å². The van der Waals surface area contributed by atoms with Crippen LogP contribution < -0.4 is 0 Å². The molecule has 1 aliphatic carbocycles. The summed E-state index contributed by atoms with van der Waals surface area (Å²) in [6.45, 7) is 0.825. The van der Waals surface area contributed by atoms with Gasteiger partial charge < -0.3 is 4.90 Å². The molecule has 3 heteroatoms. The molecule has 0 radical (unpaired) electrons. The Balaban J connectivity index is 1.78. The van der Waals surface area contributed by atoms with Gasteiger partial charge in [-0.1, -0.05) is 32.1 Å². The highest BCUT2D eigenvalue weighted by atomic mass is 32.1. The highest BCUT2D eigenvalue weighted by Crippen LogP contribution is 2.39. The van der Waals surface area contributed by atoms with Crippen LogP contribution in [0.1, 0.15) is 71.0 Å². The van der Waals surface area contributed by atoms with E-state index < -0.39 is 0 Å². The number of hydrogen-bond donors (Lipinski definition) is 0. The second-order valence-corrected chi connectivity index (χ2v) is 6.86. The van der Waals surface area contributed by atoms with E-state index in [9.17, 15) is 4.79 Å². The van der Waals surface area contributed by atoms with Gasteiger partial charge in [0.15, 0.2) is 0 Å². The number of hydrogen-bond acceptors (Lipinski definition) is 2. The molecule has 18 heavy (non-hydrogen) atoms. The van der Waals surface area contributed by atoms with Crippen molar-refractivity contribution in [3.63, 3.8) is 0 Å². The first-order chi connectivity index (χ1) is 8.75. The van der Waals surface area contributed by atoms with Crippen LogP contribution in [0.5, 0.6) is 0 Å². The average Bonchev–Trinajstić information content (AvgIpc) is 2.80.